The zero-order chi connectivity index (χ0) is 20.6. The summed E-state index contributed by atoms with van der Waals surface area (Å²) in [5.74, 6) is 1.52. The molecule has 0 spiro atoms. The highest BCUT2D eigenvalue weighted by atomic mass is 16.5. The number of nitrogens with one attached hydrogen (secondary N) is 1. The van der Waals surface area contributed by atoms with Crippen molar-refractivity contribution in [2.45, 2.75) is 12.8 Å². The number of hydrogen-bond donors (Lipinski definition) is 1. The van der Waals surface area contributed by atoms with Crippen molar-refractivity contribution in [2.24, 2.45) is 0 Å². The Kier molecular flexibility index (Phi) is 6.73. The molecule has 0 saturated heterocycles. The van der Waals surface area contributed by atoms with Gasteiger partial charge in [-0.1, -0.05) is 12.1 Å². The van der Waals surface area contributed by atoms with Crippen LogP contribution in [0.2, 0.25) is 0 Å². The van der Waals surface area contributed by atoms with Crippen LogP contribution < -0.4 is 19.5 Å². The van der Waals surface area contributed by atoms with Crippen molar-refractivity contribution in [3.8, 4) is 22.9 Å². The number of nitrogens with zero attached hydrogens (tertiary/aromatic N) is 2. The highest BCUT2D eigenvalue weighted by Crippen LogP contribution is 2.38. The van der Waals surface area contributed by atoms with Gasteiger partial charge in [0.05, 0.1) is 33.4 Å². The number of carbonyl (C=O) groups excluding carboxylic acids is 1. The van der Waals surface area contributed by atoms with Gasteiger partial charge < -0.3 is 19.5 Å². The highest BCUT2D eigenvalue weighted by molar-refractivity contribution is 5.79. The van der Waals surface area contributed by atoms with Crippen LogP contribution in [0.15, 0.2) is 54.9 Å². The lowest BCUT2D eigenvalue weighted by atomic mass is 10.1. The fraction of sp³-hybridized carbons (Fsp3) is 0.273. The average Bonchev–Trinajstić information content (AvgIpc) is 3.28. The zero-order valence-corrected chi connectivity index (χ0v) is 16.8. The van der Waals surface area contributed by atoms with Gasteiger partial charge in [-0.05, 0) is 47.9 Å². The van der Waals surface area contributed by atoms with E-state index in [4.69, 9.17) is 14.2 Å². The first-order valence-electron chi connectivity index (χ1n) is 9.29. The second-order valence-corrected chi connectivity index (χ2v) is 6.43. The van der Waals surface area contributed by atoms with Gasteiger partial charge in [0.1, 0.15) is 0 Å². The monoisotopic (exact) mass is 395 g/mol. The van der Waals surface area contributed by atoms with Crippen molar-refractivity contribution in [1.29, 1.82) is 0 Å². The van der Waals surface area contributed by atoms with Gasteiger partial charge >= 0.3 is 0 Å². The molecule has 0 bridgehead atoms. The van der Waals surface area contributed by atoms with Crippen LogP contribution in [0.3, 0.4) is 0 Å². The van der Waals surface area contributed by atoms with Gasteiger partial charge in [-0.15, -0.1) is 0 Å². The molecule has 0 atom stereocenters. The predicted molar refractivity (Wildman–Crippen MR) is 110 cm³/mol. The third kappa shape index (κ3) is 5.07. The number of hydrogen-bond acceptors (Lipinski definition) is 5. The number of methoxy groups -OCH3 is 3. The fourth-order valence-electron chi connectivity index (χ4n) is 3.07. The molecule has 3 aromatic rings. The molecule has 1 aromatic heterocycles. The summed E-state index contributed by atoms with van der Waals surface area (Å²) >= 11 is 0. The Bertz CT molecular complexity index is 912. The molecule has 7 nitrogen and oxygen atoms in total. The predicted octanol–water partition coefficient (Wildman–Crippen LogP) is 2.80. The van der Waals surface area contributed by atoms with E-state index in [0.29, 0.717) is 23.8 Å². The molecule has 0 saturated carbocycles. The van der Waals surface area contributed by atoms with Crippen LogP contribution in [0.1, 0.15) is 11.1 Å². The SMILES string of the molecule is COc1cc(CC(=O)NCCc2ccc(-n3cccn3)cc2)cc(OC)c1OC. The van der Waals surface area contributed by atoms with Crippen molar-refractivity contribution in [3.05, 3.63) is 66.0 Å². The first kappa shape index (κ1) is 20.3. The summed E-state index contributed by atoms with van der Waals surface area (Å²) in [5, 5.41) is 7.17. The third-order valence-corrected chi connectivity index (χ3v) is 4.53. The summed E-state index contributed by atoms with van der Waals surface area (Å²) in [5.41, 5.74) is 2.94. The lowest BCUT2D eigenvalue weighted by Crippen LogP contribution is -2.27. The molecule has 0 aliphatic carbocycles. The Labute approximate surface area is 170 Å². The van der Waals surface area contributed by atoms with E-state index in [0.717, 1.165) is 23.2 Å². The molecule has 152 valence electrons. The number of ether oxygens (including phenoxy) is 3. The first-order chi connectivity index (χ1) is 14.1. The summed E-state index contributed by atoms with van der Waals surface area (Å²) in [6.07, 6.45) is 4.63. The Morgan fingerprint density at radius 3 is 2.24 bits per heavy atom. The van der Waals surface area contributed by atoms with Crippen LogP contribution in [0.4, 0.5) is 0 Å². The molecule has 0 aliphatic heterocycles. The van der Waals surface area contributed by atoms with Gasteiger partial charge in [-0.25, -0.2) is 4.68 Å². The minimum absolute atomic E-state index is 0.0626. The van der Waals surface area contributed by atoms with Crippen molar-refractivity contribution in [3.63, 3.8) is 0 Å². The summed E-state index contributed by atoms with van der Waals surface area (Å²) in [7, 11) is 4.66. The van der Waals surface area contributed by atoms with E-state index >= 15 is 0 Å². The lowest BCUT2D eigenvalue weighted by Gasteiger charge is -2.14. The number of benzene rings is 2. The van der Waals surface area contributed by atoms with E-state index in [2.05, 4.69) is 10.4 Å². The van der Waals surface area contributed by atoms with Crippen LogP contribution in [0.25, 0.3) is 5.69 Å². The molecule has 1 heterocycles. The molecule has 0 radical (unpaired) electrons. The molecular formula is C22H25N3O4. The second-order valence-electron chi connectivity index (χ2n) is 6.43. The maximum absolute atomic E-state index is 12.3. The van der Waals surface area contributed by atoms with Crippen LogP contribution in [0, 0.1) is 0 Å². The molecule has 7 heteroatoms. The van der Waals surface area contributed by atoms with E-state index in [1.807, 2.05) is 41.2 Å². The molecule has 1 N–H and O–H groups in total. The molecule has 0 fully saturated rings. The molecule has 0 aliphatic rings. The Hall–Kier alpha value is -3.48. The van der Waals surface area contributed by atoms with Crippen molar-refractivity contribution < 1.29 is 19.0 Å². The van der Waals surface area contributed by atoms with Gasteiger partial charge in [0, 0.05) is 18.9 Å². The standard InChI is InChI=1S/C22H25N3O4/c1-27-19-13-17(14-20(28-2)22(19)29-3)15-21(26)23-11-9-16-5-7-18(8-6-16)25-12-4-10-24-25/h4-8,10,12-14H,9,11,15H2,1-3H3,(H,23,26). The van der Waals surface area contributed by atoms with E-state index in [-0.39, 0.29) is 12.3 Å². The zero-order valence-electron chi connectivity index (χ0n) is 16.8. The fourth-order valence-corrected chi connectivity index (χ4v) is 3.07. The normalized spacial score (nSPS) is 10.4. The molecule has 0 unspecified atom stereocenters. The van der Waals surface area contributed by atoms with Gasteiger partial charge in [-0.3, -0.25) is 4.79 Å². The Morgan fingerprint density at radius 1 is 1.00 bits per heavy atom. The molecule has 1 amide bonds. The smallest absolute Gasteiger partial charge is 0.224 e. The number of aromatic nitrogens is 2. The highest BCUT2D eigenvalue weighted by Gasteiger charge is 2.14. The van der Waals surface area contributed by atoms with E-state index in [1.54, 1.807) is 39.7 Å². The molecule has 29 heavy (non-hydrogen) atoms. The Balaban J connectivity index is 1.53. The van der Waals surface area contributed by atoms with Crippen molar-refractivity contribution in [2.75, 3.05) is 27.9 Å². The van der Waals surface area contributed by atoms with Crippen LogP contribution in [0.5, 0.6) is 17.2 Å². The van der Waals surface area contributed by atoms with Crippen molar-refractivity contribution in [1.82, 2.24) is 15.1 Å². The summed E-state index contributed by atoms with van der Waals surface area (Å²) < 4.78 is 17.8. The second kappa shape index (κ2) is 9.64. The minimum Gasteiger partial charge on any atom is -0.493 e. The van der Waals surface area contributed by atoms with Gasteiger partial charge in [0.15, 0.2) is 11.5 Å². The topological polar surface area (TPSA) is 74.6 Å². The van der Waals surface area contributed by atoms with E-state index < -0.39 is 0 Å². The summed E-state index contributed by atoms with van der Waals surface area (Å²) in [4.78, 5) is 12.3. The van der Waals surface area contributed by atoms with Crippen molar-refractivity contribution >= 4 is 5.91 Å². The van der Waals surface area contributed by atoms with E-state index in [1.165, 1.54) is 0 Å². The van der Waals surface area contributed by atoms with Gasteiger partial charge in [-0.2, -0.15) is 5.10 Å². The average molecular weight is 395 g/mol. The summed E-state index contributed by atoms with van der Waals surface area (Å²) in [6.45, 7) is 0.560. The van der Waals surface area contributed by atoms with Crippen LogP contribution in [-0.2, 0) is 17.6 Å². The first-order valence-corrected chi connectivity index (χ1v) is 9.29. The van der Waals surface area contributed by atoms with E-state index in [9.17, 15) is 4.79 Å². The Morgan fingerprint density at radius 2 is 1.69 bits per heavy atom. The van der Waals surface area contributed by atoms with Crippen LogP contribution in [-0.4, -0.2) is 43.6 Å². The molecule has 3 rings (SSSR count). The third-order valence-electron chi connectivity index (χ3n) is 4.53. The van der Waals surface area contributed by atoms with Gasteiger partial charge in [0.25, 0.3) is 0 Å². The minimum atomic E-state index is -0.0626. The molecule has 2 aromatic carbocycles. The van der Waals surface area contributed by atoms with Gasteiger partial charge in [0.2, 0.25) is 11.7 Å². The number of rotatable bonds is 9. The quantitative estimate of drug-likeness (QED) is 0.603. The summed E-state index contributed by atoms with van der Waals surface area (Å²) in [6, 6.07) is 13.6. The molecular weight excluding hydrogens is 370 g/mol. The maximum Gasteiger partial charge on any atom is 0.224 e. The largest absolute Gasteiger partial charge is 0.493 e. The maximum atomic E-state index is 12.3. The lowest BCUT2D eigenvalue weighted by molar-refractivity contribution is -0.120. The van der Waals surface area contributed by atoms with Crippen LogP contribution >= 0.6 is 0 Å². The number of amides is 1. The number of carbonyl (C=O) groups is 1.